The maximum atomic E-state index is 12.1. The van der Waals surface area contributed by atoms with Gasteiger partial charge in [0.15, 0.2) is 0 Å². The number of rotatable bonds is 4. The molecule has 0 spiro atoms. The third-order valence-corrected chi connectivity index (χ3v) is 3.93. The van der Waals surface area contributed by atoms with E-state index in [0.29, 0.717) is 0 Å². The maximum Gasteiger partial charge on any atom is 0.410 e. The smallest absolute Gasteiger partial charge is 0.410 e. The second kappa shape index (κ2) is 7.02. The van der Waals surface area contributed by atoms with Crippen molar-refractivity contribution in [2.45, 2.75) is 45.3 Å². The van der Waals surface area contributed by atoms with Crippen LogP contribution < -0.4 is 4.90 Å². The summed E-state index contributed by atoms with van der Waals surface area (Å²) >= 11 is 0. The Morgan fingerprint density at radius 1 is 1.22 bits per heavy atom. The Morgan fingerprint density at radius 3 is 2.26 bits per heavy atom. The normalized spacial score (nSPS) is 16.1. The molecule has 1 aromatic carbocycles. The number of aldehydes is 1. The van der Waals surface area contributed by atoms with E-state index in [2.05, 4.69) is 4.90 Å². The highest BCUT2D eigenvalue weighted by Gasteiger charge is 2.26. The number of hydrogen-bond donors (Lipinski definition) is 0. The van der Waals surface area contributed by atoms with Crippen LogP contribution >= 0.6 is 0 Å². The molecule has 1 aliphatic rings. The topological polar surface area (TPSA) is 49.9 Å². The highest BCUT2D eigenvalue weighted by atomic mass is 16.6. The lowest BCUT2D eigenvalue weighted by Crippen LogP contribution is -2.37. The summed E-state index contributed by atoms with van der Waals surface area (Å²) in [5, 5.41) is 0. The van der Waals surface area contributed by atoms with Crippen LogP contribution in [0.15, 0.2) is 24.3 Å². The van der Waals surface area contributed by atoms with Gasteiger partial charge in [-0.3, -0.25) is 4.90 Å². The fourth-order valence-corrected chi connectivity index (χ4v) is 2.70. The molecule has 1 saturated heterocycles. The van der Waals surface area contributed by atoms with E-state index in [1.807, 2.05) is 24.3 Å². The number of carbonyl (C=O) groups is 2. The second-order valence-electron chi connectivity index (χ2n) is 6.96. The first-order valence-corrected chi connectivity index (χ1v) is 8.08. The van der Waals surface area contributed by atoms with Crippen LogP contribution in [0.2, 0.25) is 0 Å². The zero-order valence-electron chi connectivity index (χ0n) is 14.4. The van der Waals surface area contributed by atoms with Crippen molar-refractivity contribution in [1.82, 2.24) is 4.90 Å². The van der Waals surface area contributed by atoms with Crippen molar-refractivity contribution in [2.24, 2.45) is 0 Å². The number of hydrogen-bond acceptors (Lipinski definition) is 4. The fourth-order valence-electron chi connectivity index (χ4n) is 2.70. The zero-order valence-corrected chi connectivity index (χ0v) is 14.4. The van der Waals surface area contributed by atoms with Crippen LogP contribution in [-0.2, 0) is 9.53 Å². The summed E-state index contributed by atoms with van der Waals surface area (Å²) in [4.78, 5) is 27.3. The molecule has 23 heavy (non-hydrogen) atoms. The molecular formula is C18H26N2O3. The molecule has 5 heteroatoms. The Morgan fingerprint density at radius 2 is 1.78 bits per heavy atom. The summed E-state index contributed by atoms with van der Waals surface area (Å²) in [6, 6.07) is 7.21. The van der Waals surface area contributed by atoms with Gasteiger partial charge < -0.3 is 14.4 Å². The molecule has 0 radical (unpaired) electrons. The molecule has 2 rings (SSSR count). The van der Waals surface area contributed by atoms with E-state index in [9.17, 15) is 9.59 Å². The van der Waals surface area contributed by atoms with Gasteiger partial charge in [-0.25, -0.2) is 4.79 Å². The predicted octanol–water partition coefficient (Wildman–Crippen LogP) is 3.39. The molecule has 1 heterocycles. The maximum absolute atomic E-state index is 12.1. The highest BCUT2D eigenvalue weighted by Crippen LogP contribution is 2.25. The molecular weight excluding hydrogens is 292 g/mol. The summed E-state index contributed by atoms with van der Waals surface area (Å²) in [6.07, 6.45) is 2.72. The van der Waals surface area contributed by atoms with Gasteiger partial charge in [-0.1, -0.05) is 12.1 Å². The number of anilines is 1. The van der Waals surface area contributed by atoms with Crippen LogP contribution in [0, 0.1) is 0 Å². The van der Waals surface area contributed by atoms with Gasteiger partial charge in [0.2, 0.25) is 0 Å². The minimum atomic E-state index is -0.641. The van der Waals surface area contributed by atoms with Crippen LogP contribution in [0.5, 0.6) is 0 Å². The van der Waals surface area contributed by atoms with E-state index >= 15 is 0 Å². The lowest BCUT2D eigenvalue weighted by Gasteiger charge is -2.28. The first-order valence-electron chi connectivity index (χ1n) is 8.08. The Labute approximate surface area is 138 Å². The van der Waals surface area contributed by atoms with Gasteiger partial charge in [-0.05, 0) is 51.3 Å². The Bertz CT molecular complexity index is 542. The molecule has 1 fully saturated rings. The Balaban J connectivity index is 2.10. The van der Waals surface area contributed by atoms with Crippen molar-refractivity contribution in [1.29, 1.82) is 0 Å². The molecule has 0 N–H and O–H groups in total. The third-order valence-electron chi connectivity index (χ3n) is 3.93. The van der Waals surface area contributed by atoms with Crippen molar-refractivity contribution in [2.75, 3.05) is 25.0 Å². The summed E-state index contributed by atoms with van der Waals surface area (Å²) < 4.78 is 5.33. The summed E-state index contributed by atoms with van der Waals surface area (Å²) in [7, 11) is 1.58. The van der Waals surface area contributed by atoms with E-state index in [4.69, 9.17) is 4.74 Å². The first kappa shape index (κ1) is 17.3. The highest BCUT2D eigenvalue weighted by molar-refractivity contribution is 5.75. The van der Waals surface area contributed by atoms with E-state index < -0.39 is 17.7 Å². The lowest BCUT2D eigenvalue weighted by molar-refractivity contribution is -0.112. The van der Waals surface area contributed by atoms with Gasteiger partial charge in [0.05, 0.1) is 0 Å². The van der Waals surface area contributed by atoms with Crippen LogP contribution in [0.1, 0.15) is 45.2 Å². The van der Waals surface area contributed by atoms with Crippen molar-refractivity contribution < 1.29 is 14.3 Å². The van der Waals surface area contributed by atoms with Gasteiger partial charge in [0.1, 0.15) is 17.9 Å². The average molecular weight is 318 g/mol. The van der Waals surface area contributed by atoms with Gasteiger partial charge in [0, 0.05) is 25.8 Å². The van der Waals surface area contributed by atoms with Crippen LogP contribution in [0.3, 0.4) is 0 Å². The molecule has 1 atom stereocenters. The molecule has 0 aliphatic carbocycles. The van der Waals surface area contributed by atoms with Crippen molar-refractivity contribution >= 4 is 18.1 Å². The van der Waals surface area contributed by atoms with E-state index in [0.717, 1.165) is 30.6 Å². The molecule has 0 aromatic heterocycles. The molecule has 1 aliphatic heterocycles. The molecule has 5 nitrogen and oxygen atoms in total. The first-order chi connectivity index (χ1) is 10.8. The van der Waals surface area contributed by atoms with Crippen LogP contribution in [0.25, 0.3) is 0 Å². The third kappa shape index (κ3) is 4.47. The van der Waals surface area contributed by atoms with Crippen LogP contribution in [-0.4, -0.2) is 43.0 Å². The summed E-state index contributed by atoms with van der Waals surface area (Å²) in [6.45, 7) is 7.57. The number of likely N-dealkylation sites (N-methyl/N-ethyl adjacent to an activating group) is 1. The number of ether oxygens (including phenoxy) is 1. The lowest BCUT2D eigenvalue weighted by atomic mass is 10.1. The number of benzene rings is 1. The molecule has 1 aromatic rings. The summed E-state index contributed by atoms with van der Waals surface area (Å²) in [5.41, 5.74) is 1.37. The van der Waals surface area contributed by atoms with E-state index in [1.54, 1.807) is 27.8 Å². The average Bonchev–Trinajstić information content (AvgIpc) is 3.01. The van der Waals surface area contributed by atoms with Crippen LogP contribution in [0.4, 0.5) is 10.5 Å². The number of carbonyl (C=O) groups excluding carboxylic acids is 2. The van der Waals surface area contributed by atoms with Gasteiger partial charge >= 0.3 is 6.09 Å². The van der Waals surface area contributed by atoms with Gasteiger partial charge in [-0.15, -0.1) is 0 Å². The predicted molar refractivity (Wildman–Crippen MR) is 90.7 cm³/mol. The van der Waals surface area contributed by atoms with Gasteiger partial charge in [0.25, 0.3) is 0 Å². The molecule has 1 amide bonds. The standard InChI is InChI=1S/C18H26N2O3/c1-18(2,3)23-17(22)19(4)16(13-21)14-7-9-15(10-8-14)20-11-5-6-12-20/h7-10,13,16H,5-6,11-12H2,1-4H3. The molecule has 0 saturated carbocycles. The SMILES string of the molecule is CN(C(=O)OC(C)(C)C)C(C=O)c1ccc(N2CCCC2)cc1. The Hall–Kier alpha value is -2.04. The monoisotopic (exact) mass is 318 g/mol. The molecule has 1 unspecified atom stereocenters. The van der Waals surface area contributed by atoms with E-state index in [-0.39, 0.29) is 0 Å². The second-order valence-corrected chi connectivity index (χ2v) is 6.96. The van der Waals surface area contributed by atoms with Gasteiger partial charge in [-0.2, -0.15) is 0 Å². The quantitative estimate of drug-likeness (QED) is 0.799. The van der Waals surface area contributed by atoms with Crippen molar-refractivity contribution in [3.05, 3.63) is 29.8 Å². The molecule has 0 bridgehead atoms. The Kier molecular flexibility index (Phi) is 5.29. The van der Waals surface area contributed by atoms with Crippen molar-refractivity contribution in [3.8, 4) is 0 Å². The van der Waals surface area contributed by atoms with E-state index in [1.165, 1.54) is 17.7 Å². The number of amides is 1. The largest absolute Gasteiger partial charge is 0.444 e. The van der Waals surface area contributed by atoms with Crippen molar-refractivity contribution in [3.63, 3.8) is 0 Å². The number of nitrogens with zero attached hydrogens (tertiary/aromatic N) is 2. The molecule has 126 valence electrons. The summed E-state index contributed by atoms with van der Waals surface area (Å²) in [5.74, 6) is 0. The zero-order chi connectivity index (χ0) is 17.0. The minimum Gasteiger partial charge on any atom is -0.444 e. The fraction of sp³-hybridized carbons (Fsp3) is 0.556. The minimum absolute atomic E-state index is 0.502.